The molecular weight excluding hydrogens is 198 g/mol. The highest BCUT2D eigenvalue weighted by atomic mass is 14.9. The fourth-order valence-corrected chi connectivity index (χ4v) is 1.68. The quantitative estimate of drug-likeness (QED) is 0.815. The predicted octanol–water partition coefficient (Wildman–Crippen LogP) is 1.67. The first-order valence-corrected chi connectivity index (χ1v) is 5.57. The molecule has 2 aromatic rings. The minimum Gasteiger partial charge on any atom is -0.329 e. The summed E-state index contributed by atoms with van der Waals surface area (Å²) in [6.07, 6.45) is 1.85. The molecule has 1 heterocycles. The summed E-state index contributed by atoms with van der Waals surface area (Å²) in [6, 6.07) is 10.6. The molecular formula is C13H17N3. The Morgan fingerprint density at radius 3 is 2.94 bits per heavy atom. The molecule has 0 aliphatic heterocycles. The summed E-state index contributed by atoms with van der Waals surface area (Å²) in [5.74, 6) is 0. The number of rotatable bonds is 4. The lowest BCUT2D eigenvalue weighted by atomic mass is 10.1. The molecule has 0 saturated heterocycles. The zero-order valence-corrected chi connectivity index (χ0v) is 9.48. The Kier molecular flexibility index (Phi) is 3.49. The van der Waals surface area contributed by atoms with E-state index in [-0.39, 0.29) is 0 Å². The Hall–Kier alpha value is -1.45. The van der Waals surface area contributed by atoms with Crippen molar-refractivity contribution < 1.29 is 0 Å². The van der Waals surface area contributed by atoms with Crippen molar-refractivity contribution in [3.8, 4) is 0 Å². The molecule has 0 amide bonds. The molecule has 3 N–H and O–H groups in total. The minimum absolute atomic E-state index is 0.340. The van der Waals surface area contributed by atoms with Crippen molar-refractivity contribution in [2.24, 2.45) is 5.73 Å². The van der Waals surface area contributed by atoms with Crippen molar-refractivity contribution in [2.45, 2.75) is 19.5 Å². The van der Waals surface area contributed by atoms with Gasteiger partial charge in [0.15, 0.2) is 0 Å². The first-order valence-electron chi connectivity index (χ1n) is 5.57. The number of para-hydroxylation sites is 1. The fourth-order valence-electron chi connectivity index (χ4n) is 1.68. The van der Waals surface area contributed by atoms with Crippen molar-refractivity contribution in [1.29, 1.82) is 0 Å². The molecule has 84 valence electrons. The third-order valence-electron chi connectivity index (χ3n) is 2.73. The third kappa shape index (κ3) is 2.38. The molecule has 3 heteroatoms. The molecule has 3 nitrogen and oxygen atoms in total. The van der Waals surface area contributed by atoms with E-state index in [0.29, 0.717) is 12.6 Å². The second-order valence-corrected chi connectivity index (χ2v) is 4.00. The normalized spacial score (nSPS) is 12.9. The zero-order chi connectivity index (χ0) is 11.4. The van der Waals surface area contributed by atoms with Crippen LogP contribution >= 0.6 is 0 Å². The van der Waals surface area contributed by atoms with Gasteiger partial charge >= 0.3 is 0 Å². The SMILES string of the molecule is C[C@H](CN)NCc1ccnc2ccccc12. The molecule has 0 aliphatic rings. The lowest BCUT2D eigenvalue weighted by Crippen LogP contribution is -2.32. The van der Waals surface area contributed by atoms with E-state index >= 15 is 0 Å². The van der Waals surface area contributed by atoms with Gasteiger partial charge in [0.2, 0.25) is 0 Å². The van der Waals surface area contributed by atoms with Gasteiger partial charge in [0, 0.05) is 30.7 Å². The molecule has 1 atom stereocenters. The molecule has 0 radical (unpaired) electrons. The average Bonchev–Trinajstić information content (AvgIpc) is 2.35. The van der Waals surface area contributed by atoms with Crippen molar-refractivity contribution in [2.75, 3.05) is 6.54 Å². The molecule has 1 aromatic heterocycles. The maximum atomic E-state index is 5.57. The molecule has 16 heavy (non-hydrogen) atoms. The number of aromatic nitrogens is 1. The lowest BCUT2D eigenvalue weighted by molar-refractivity contribution is 0.558. The number of nitrogens with zero attached hydrogens (tertiary/aromatic N) is 1. The highest BCUT2D eigenvalue weighted by Gasteiger charge is 2.02. The summed E-state index contributed by atoms with van der Waals surface area (Å²) in [7, 11) is 0. The average molecular weight is 215 g/mol. The van der Waals surface area contributed by atoms with Crippen LogP contribution < -0.4 is 11.1 Å². The number of pyridine rings is 1. The minimum atomic E-state index is 0.340. The van der Waals surface area contributed by atoms with Crippen LogP contribution in [0.3, 0.4) is 0 Å². The number of hydrogen-bond donors (Lipinski definition) is 2. The first kappa shape index (κ1) is 11.0. The van der Waals surface area contributed by atoms with Crippen LogP contribution in [0, 0.1) is 0 Å². The zero-order valence-electron chi connectivity index (χ0n) is 9.48. The summed E-state index contributed by atoms with van der Waals surface area (Å²) in [6.45, 7) is 3.58. The van der Waals surface area contributed by atoms with Crippen LogP contribution in [0.15, 0.2) is 36.5 Å². The van der Waals surface area contributed by atoms with Gasteiger partial charge in [0.1, 0.15) is 0 Å². The lowest BCUT2D eigenvalue weighted by Gasteiger charge is -2.12. The topological polar surface area (TPSA) is 50.9 Å². The van der Waals surface area contributed by atoms with Gasteiger partial charge in [0.05, 0.1) is 5.52 Å². The van der Waals surface area contributed by atoms with Crippen molar-refractivity contribution in [1.82, 2.24) is 10.3 Å². The summed E-state index contributed by atoms with van der Waals surface area (Å²) >= 11 is 0. The van der Waals surface area contributed by atoms with E-state index in [2.05, 4.69) is 29.4 Å². The van der Waals surface area contributed by atoms with E-state index in [4.69, 9.17) is 5.73 Å². The highest BCUT2D eigenvalue weighted by molar-refractivity contribution is 5.81. The van der Waals surface area contributed by atoms with Gasteiger partial charge in [-0.1, -0.05) is 18.2 Å². The van der Waals surface area contributed by atoms with Gasteiger partial charge < -0.3 is 11.1 Å². The maximum absolute atomic E-state index is 5.57. The largest absolute Gasteiger partial charge is 0.329 e. The van der Waals surface area contributed by atoms with Gasteiger partial charge in [0.25, 0.3) is 0 Å². The van der Waals surface area contributed by atoms with E-state index in [1.165, 1.54) is 10.9 Å². The second-order valence-electron chi connectivity index (χ2n) is 4.00. The van der Waals surface area contributed by atoms with Crippen molar-refractivity contribution >= 4 is 10.9 Å². The van der Waals surface area contributed by atoms with E-state index in [1.807, 2.05) is 24.4 Å². The van der Waals surface area contributed by atoms with E-state index < -0.39 is 0 Å². The Morgan fingerprint density at radius 1 is 1.31 bits per heavy atom. The predicted molar refractivity (Wildman–Crippen MR) is 67.1 cm³/mol. The standard InChI is InChI=1S/C13H17N3/c1-10(8-14)16-9-11-6-7-15-13-5-3-2-4-12(11)13/h2-7,10,16H,8-9,14H2,1H3/t10-/m1/s1. The summed E-state index contributed by atoms with van der Waals surface area (Å²) < 4.78 is 0. The van der Waals surface area contributed by atoms with Crippen LogP contribution in [0.5, 0.6) is 0 Å². The molecule has 0 fully saturated rings. The number of hydrogen-bond acceptors (Lipinski definition) is 3. The van der Waals surface area contributed by atoms with Gasteiger partial charge in [-0.25, -0.2) is 0 Å². The molecule has 2 rings (SSSR count). The van der Waals surface area contributed by atoms with Crippen LogP contribution in [-0.4, -0.2) is 17.6 Å². The van der Waals surface area contributed by atoms with E-state index in [1.54, 1.807) is 0 Å². The number of nitrogens with two attached hydrogens (primary N) is 1. The molecule has 0 saturated carbocycles. The molecule has 0 spiro atoms. The Balaban J connectivity index is 2.23. The summed E-state index contributed by atoms with van der Waals surface area (Å²) in [5.41, 5.74) is 7.89. The second kappa shape index (κ2) is 5.05. The summed E-state index contributed by atoms with van der Waals surface area (Å²) in [4.78, 5) is 4.34. The Morgan fingerprint density at radius 2 is 2.12 bits per heavy atom. The molecule has 0 unspecified atom stereocenters. The van der Waals surface area contributed by atoms with Gasteiger partial charge in [-0.2, -0.15) is 0 Å². The third-order valence-corrected chi connectivity index (χ3v) is 2.73. The van der Waals surface area contributed by atoms with Gasteiger partial charge in [-0.05, 0) is 24.6 Å². The van der Waals surface area contributed by atoms with Crippen LogP contribution in [0.4, 0.5) is 0 Å². The maximum Gasteiger partial charge on any atom is 0.0705 e. The number of fused-ring (bicyclic) bond motifs is 1. The van der Waals surface area contributed by atoms with Gasteiger partial charge in [-0.15, -0.1) is 0 Å². The fraction of sp³-hybridized carbons (Fsp3) is 0.308. The Bertz CT molecular complexity index is 462. The number of benzene rings is 1. The van der Waals surface area contributed by atoms with Crippen molar-refractivity contribution in [3.63, 3.8) is 0 Å². The highest BCUT2D eigenvalue weighted by Crippen LogP contribution is 2.15. The number of nitrogens with one attached hydrogen (secondary N) is 1. The van der Waals surface area contributed by atoms with Crippen LogP contribution in [0.1, 0.15) is 12.5 Å². The smallest absolute Gasteiger partial charge is 0.0705 e. The van der Waals surface area contributed by atoms with Crippen LogP contribution in [0.25, 0.3) is 10.9 Å². The van der Waals surface area contributed by atoms with Crippen LogP contribution in [-0.2, 0) is 6.54 Å². The van der Waals surface area contributed by atoms with Crippen LogP contribution in [0.2, 0.25) is 0 Å². The first-order chi connectivity index (χ1) is 7.81. The van der Waals surface area contributed by atoms with E-state index in [9.17, 15) is 0 Å². The molecule has 1 aromatic carbocycles. The summed E-state index contributed by atoms with van der Waals surface area (Å²) in [5, 5.41) is 4.60. The monoisotopic (exact) mass is 215 g/mol. The van der Waals surface area contributed by atoms with Gasteiger partial charge in [-0.3, -0.25) is 4.98 Å². The molecule has 0 bridgehead atoms. The molecule has 0 aliphatic carbocycles. The Labute approximate surface area is 95.7 Å². The van der Waals surface area contributed by atoms with Crippen molar-refractivity contribution in [3.05, 3.63) is 42.1 Å². The van der Waals surface area contributed by atoms with E-state index in [0.717, 1.165) is 12.1 Å².